The summed E-state index contributed by atoms with van der Waals surface area (Å²) in [4.78, 5) is 29.2. The van der Waals surface area contributed by atoms with Crippen LogP contribution in [0.1, 0.15) is 6.42 Å². The van der Waals surface area contributed by atoms with Crippen LogP contribution in [0.3, 0.4) is 0 Å². The van der Waals surface area contributed by atoms with E-state index < -0.39 is 36.5 Å². The van der Waals surface area contributed by atoms with E-state index >= 15 is 0 Å². The standard InChI is InChI=1S/C4H6O5.C3H7NO2S/c5-2(4(8)9)1-3(6)7;4-2(1-7)3(5)6/h2,5H,1H2,(H,6,7)(H,8,9);2,7H,1,4H2,(H,5,6)/t2*2-/m00/s1. The molecule has 0 aliphatic heterocycles. The van der Waals surface area contributed by atoms with E-state index in [2.05, 4.69) is 12.6 Å². The lowest BCUT2D eigenvalue weighted by Gasteiger charge is -1.97. The molecule has 0 unspecified atom stereocenters. The van der Waals surface area contributed by atoms with Gasteiger partial charge in [0.15, 0.2) is 6.10 Å². The Labute approximate surface area is 96.1 Å². The molecule has 0 bridgehead atoms. The van der Waals surface area contributed by atoms with Crippen molar-refractivity contribution >= 4 is 30.5 Å². The molecule has 6 N–H and O–H groups in total. The number of thiol groups is 1. The molecule has 0 aromatic rings. The molecule has 16 heavy (non-hydrogen) atoms. The Morgan fingerprint density at radius 2 is 1.56 bits per heavy atom. The van der Waals surface area contributed by atoms with Crippen LogP contribution in [-0.2, 0) is 14.4 Å². The second-order valence-electron chi connectivity index (χ2n) is 2.58. The number of carboxylic acid groups (broad SMARTS) is 3. The van der Waals surface area contributed by atoms with Gasteiger partial charge in [-0.15, -0.1) is 0 Å². The van der Waals surface area contributed by atoms with Gasteiger partial charge in [-0.1, -0.05) is 0 Å². The molecule has 0 saturated carbocycles. The molecule has 2 atom stereocenters. The smallest absolute Gasteiger partial charge is 0.333 e. The normalized spacial score (nSPS) is 12.9. The first kappa shape index (κ1) is 17.1. The molecule has 0 heterocycles. The maximum atomic E-state index is 9.76. The quantitative estimate of drug-likeness (QED) is 0.315. The highest BCUT2D eigenvalue weighted by Crippen LogP contribution is 1.89. The van der Waals surface area contributed by atoms with Gasteiger partial charge in [0.1, 0.15) is 6.04 Å². The molecule has 94 valence electrons. The van der Waals surface area contributed by atoms with Gasteiger partial charge in [-0.3, -0.25) is 9.59 Å². The highest BCUT2D eigenvalue weighted by atomic mass is 32.1. The number of aliphatic hydroxyl groups excluding tert-OH is 1. The maximum Gasteiger partial charge on any atom is 0.333 e. The predicted molar refractivity (Wildman–Crippen MR) is 55.4 cm³/mol. The van der Waals surface area contributed by atoms with Crippen LogP contribution in [0.25, 0.3) is 0 Å². The van der Waals surface area contributed by atoms with Gasteiger partial charge in [-0.25, -0.2) is 4.79 Å². The van der Waals surface area contributed by atoms with Crippen molar-refractivity contribution in [3.05, 3.63) is 0 Å². The summed E-state index contributed by atoms with van der Waals surface area (Å²) in [7, 11) is 0. The minimum Gasteiger partial charge on any atom is -0.481 e. The lowest BCUT2D eigenvalue weighted by atomic mass is 10.3. The van der Waals surface area contributed by atoms with Gasteiger partial charge >= 0.3 is 17.9 Å². The summed E-state index contributed by atoms with van der Waals surface area (Å²) in [5.41, 5.74) is 4.94. The highest BCUT2D eigenvalue weighted by Gasteiger charge is 2.16. The zero-order valence-electron chi connectivity index (χ0n) is 8.11. The van der Waals surface area contributed by atoms with Gasteiger partial charge in [0.05, 0.1) is 6.42 Å². The van der Waals surface area contributed by atoms with Crippen LogP contribution >= 0.6 is 12.6 Å². The van der Waals surface area contributed by atoms with E-state index in [0.29, 0.717) is 0 Å². The fourth-order valence-corrected chi connectivity index (χ4v) is 0.487. The first-order valence-electron chi connectivity index (χ1n) is 3.94. The Hall–Kier alpha value is -1.32. The Bertz CT molecular complexity index is 257. The summed E-state index contributed by atoms with van der Waals surface area (Å²) in [6.45, 7) is 0. The molecular weight excluding hydrogens is 242 g/mol. The number of carboxylic acids is 3. The molecule has 0 aromatic heterocycles. The van der Waals surface area contributed by atoms with Gasteiger partial charge in [0.2, 0.25) is 0 Å². The molecule has 9 heteroatoms. The minimum absolute atomic E-state index is 0.190. The summed E-state index contributed by atoms with van der Waals surface area (Å²) in [6, 6.07) is -0.816. The molecule has 0 radical (unpaired) electrons. The number of carbonyl (C=O) groups is 3. The van der Waals surface area contributed by atoms with Crippen molar-refractivity contribution < 1.29 is 34.8 Å². The molecule has 0 aliphatic rings. The Morgan fingerprint density at radius 3 is 1.62 bits per heavy atom. The second kappa shape index (κ2) is 8.95. The van der Waals surface area contributed by atoms with E-state index in [1.807, 2.05) is 0 Å². The van der Waals surface area contributed by atoms with Crippen LogP contribution in [0.2, 0.25) is 0 Å². The third kappa shape index (κ3) is 10.8. The third-order valence-electron chi connectivity index (χ3n) is 1.17. The van der Waals surface area contributed by atoms with Crippen molar-refractivity contribution in [2.45, 2.75) is 18.6 Å². The molecule has 0 fully saturated rings. The number of aliphatic hydroxyl groups is 1. The summed E-state index contributed by atoms with van der Waals surface area (Å²) in [6.07, 6.45) is -2.54. The largest absolute Gasteiger partial charge is 0.481 e. The monoisotopic (exact) mass is 255 g/mol. The average molecular weight is 255 g/mol. The topological polar surface area (TPSA) is 158 Å². The number of aliphatic carboxylic acids is 3. The van der Waals surface area contributed by atoms with E-state index in [1.165, 1.54) is 0 Å². The van der Waals surface area contributed by atoms with Gasteiger partial charge in [0, 0.05) is 5.75 Å². The van der Waals surface area contributed by atoms with Crippen molar-refractivity contribution in [2.24, 2.45) is 5.73 Å². The number of hydrogen-bond donors (Lipinski definition) is 6. The fourth-order valence-electron chi connectivity index (χ4n) is 0.331. The first-order chi connectivity index (χ1) is 7.22. The number of rotatable bonds is 5. The lowest BCUT2D eigenvalue weighted by Crippen LogP contribution is -2.31. The van der Waals surface area contributed by atoms with Crippen LogP contribution in [0.4, 0.5) is 0 Å². The number of nitrogens with two attached hydrogens (primary N) is 1. The molecular formula is C7H13NO7S. The number of hydrogen-bond acceptors (Lipinski definition) is 6. The first-order valence-corrected chi connectivity index (χ1v) is 4.57. The van der Waals surface area contributed by atoms with Gasteiger partial charge < -0.3 is 26.2 Å². The van der Waals surface area contributed by atoms with Crippen LogP contribution in [0, 0.1) is 0 Å². The maximum absolute atomic E-state index is 9.76. The van der Waals surface area contributed by atoms with Crippen molar-refractivity contribution in [3.63, 3.8) is 0 Å². The van der Waals surface area contributed by atoms with E-state index in [9.17, 15) is 14.4 Å². The van der Waals surface area contributed by atoms with Crippen LogP contribution < -0.4 is 5.73 Å². The van der Waals surface area contributed by atoms with Crippen molar-refractivity contribution in [2.75, 3.05) is 5.75 Å². The van der Waals surface area contributed by atoms with E-state index in [-0.39, 0.29) is 5.75 Å². The van der Waals surface area contributed by atoms with Crippen molar-refractivity contribution in [1.82, 2.24) is 0 Å². The Balaban J connectivity index is 0. The zero-order chi connectivity index (χ0) is 13.3. The summed E-state index contributed by atoms with van der Waals surface area (Å²) >= 11 is 3.65. The highest BCUT2D eigenvalue weighted by molar-refractivity contribution is 7.80. The van der Waals surface area contributed by atoms with Gasteiger partial charge in [0.25, 0.3) is 0 Å². The molecule has 8 nitrogen and oxygen atoms in total. The predicted octanol–water partition coefficient (Wildman–Crippen LogP) is -1.77. The Morgan fingerprint density at radius 1 is 1.12 bits per heavy atom. The third-order valence-corrected chi connectivity index (χ3v) is 1.56. The van der Waals surface area contributed by atoms with Crippen LogP contribution in [0.15, 0.2) is 0 Å². The van der Waals surface area contributed by atoms with Crippen molar-refractivity contribution in [1.29, 1.82) is 0 Å². The lowest BCUT2D eigenvalue weighted by molar-refractivity contribution is -0.152. The van der Waals surface area contributed by atoms with Crippen LogP contribution in [-0.4, -0.2) is 56.2 Å². The van der Waals surface area contributed by atoms with Crippen molar-refractivity contribution in [3.8, 4) is 0 Å². The second-order valence-corrected chi connectivity index (χ2v) is 2.94. The molecule has 0 spiro atoms. The molecule has 0 aliphatic carbocycles. The molecule has 0 aromatic carbocycles. The summed E-state index contributed by atoms with van der Waals surface area (Å²) in [5.74, 6) is -3.66. The van der Waals surface area contributed by atoms with E-state index in [4.69, 9.17) is 26.2 Å². The fraction of sp³-hybridized carbons (Fsp3) is 0.571. The molecule has 0 amide bonds. The SMILES string of the molecule is N[C@@H](CS)C(=O)O.O=C(O)C[C@H](O)C(=O)O. The van der Waals surface area contributed by atoms with Crippen LogP contribution in [0.5, 0.6) is 0 Å². The average Bonchev–Trinajstić information content (AvgIpc) is 2.16. The van der Waals surface area contributed by atoms with E-state index in [1.54, 1.807) is 0 Å². The molecule has 0 saturated heterocycles. The molecule has 0 rings (SSSR count). The zero-order valence-corrected chi connectivity index (χ0v) is 9.00. The Kier molecular flexibility index (Phi) is 9.55. The van der Waals surface area contributed by atoms with Gasteiger partial charge in [-0.05, 0) is 0 Å². The van der Waals surface area contributed by atoms with E-state index in [0.717, 1.165) is 0 Å². The summed E-state index contributed by atoms with van der Waals surface area (Å²) in [5, 5.41) is 32.2. The minimum atomic E-state index is -1.79. The summed E-state index contributed by atoms with van der Waals surface area (Å²) < 4.78 is 0. The van der Waals surface area contributed by atoms with Gasteiger partial charge in [-0.2, -0.15) is 12.6 Å².